The molecule has 0 amide bonds. The Kier molecular flexibility index (Phi) is 3.02. The number of allylic oxidation sites excluding steroid dienone is 2. The first-order valence-corrected chi connectivity index (χ1v) is 4.48. The van der Waals surface area contributed by atoms with Crippen LogP contribution in [0.25, 0.3) is 11.1 Å². The number of benzene rings is 1. The van der Waals surface area contributed by atoms with E-state index in [9.17, 15) is 0 Å². The van der Waals surface area contributed by atoms with Crippen LogP contribution in [0.2, 0.25) is 0 Å². The average Bonchev–Trinajstić information content (AvgIpc) is 2.80. The van der Waals surface area contributed by atoms with Gasteiger partial charge in [-0.25, -0.2) is 10.5 Å². The fraction of sp³-hybridized carbons (Fsp3) is 0. The minimum Gasteiger partial charge on any atom is -0.443 e. The number of para-hydroxylation sites is 2. The highest BCUT2D eigenvalue weighted by Gasteiger charge is 1.91. The molecule has 1 N–H and O–H groups in total. The second-order valence-electron chi connectivity index (χ2n) is 2.74. The Balaban J connectivity index is 0.000000124. The summed E-state index contributed by atoms with van der Waals surface area (Å²) in [5.41, 5.74) is 4.28. The van der Waals surface area contributed by atoms with Crippen LogP contribution < -0.4 is 5.48 Å². The number of aromatic nitrogens is 1. The summed E-state index contributed by atoms with van der Waals surface area (Å²) in [6, 6.07) is 7.67. The molecule has 1 aliphatic rings. The second-order valence-corrected chi connectivity index (χ2v) is 2.74. The fourth-order valence-electron chi connectivity index (χ4n) is 1.06. The molecule has 0 radical (unpaired) electrons. The zero-order chi connectivity index (χ0) is 10.3. The van der Waals surface area contributed by atoms with Gasteiger partial charge in [0.25, 0.3) is 0 Å². The van der Waals surface area contributed by atoms with Gasteiger partial charge in [0.15, 0.2) is 12.0 Å². The van der Waals surface area contributed by atoms with Crippen LogP contribution in [0, 0.1) is 0 Å². The van der Waals surface area contributed by atoms with E-state index in [1.54, 1.807) is 18.5 Å². The molecule has 2 aromatic rings. The molecule has 4 nitrogen and oxygen atoms in total. The lowest BCUT2D eigenvalue weighted by Gasteiger charge is -1.97. The van der Waals surface area contributed by atoms with Gasteiger partial charge >= 0.3 is 0 Å². The molecule has 0 fully saturated rings. The van der Waals surface area contributed by atoms with Crippen molar-refractivity contribution in [2.45, 2.75) is 0 Å². The molecule has 2 heterocycles. The van der Waals surface area contributed by atoms with Crippen LogP contribution in [0.3, 0.4) is 0 Å². The Morgan fingerprint density at radius 1 is 1.13 bits per heavy atom. The van der Waals surface area contributed by atoms with Crippen molar-refractivity contribution in [3.05, 3.63) is 55.3 Å². The zero-order valence-corrected chi connectivity index (χ0v) is 7.96. The van der Waals surface area contributed by atoms with E-state index < -0.39 is 0 Å². The summed E-state index contributed by atoms with van der Waals surface area (Å²) in [6.07, 6.45) is 8.38. The van der Waals surface area contributed by atoms with Gasteiger partial charge in [-0.3, -0.25) is 0 Å². The maximum atomic E-state index is 5.01. The monoisotopic (exact) mass is 202 g/mol. The molecule has 0 unspecified atom stereocenters. The number of hydroxylamine groups is 1. The van der Waals surface area contributed by atoms with Gasteiger partial charge in [-0.05, 0) is 24.3 Å². The predicted octanol–water partition coefficient (Wildman–Crippen LogP) is 2.38. The van der Waals surface area contributed by atoms with Crippen molar-refractivity contribution in [3.8, 4) is 0 Å². The first-order valence-electron chi connectivity index (χ1n) is 4.48. The Bertz CT molecular complexity index is 432. The summed E-state index contributed by atoms with van der Waals surface area (Å²) in [5.74, 6) is 0. The predicted molar refractivity (Wildman–Crippen MR) is 56.5 cm³/mol. The lowest BCUT2D eigenvalue weighted by atomic mass is 10.3. The van der Waals surface area contributed by atoms with Gasteiger partial charge in [0.2, 0.25) is 0 Å². The standard InChI is InChI=1S/C7H5NO.C4H5NO/c1-2-4-7-6(3-1)8-5-9-7;1-2-4-6-5-3-1/h1-5H;1-5H. The number of fused-ring (bicyclic) bond motifs is 1. The Morgan fingerprint density at radius 3 is 2.67 bits per heavy atom. The minimum absolute atomic E-state index is 0.845. The third kappa shape index (κ3) is 2.60. The van der Waals surface area contributed by atoms with E-state index in [-0.39, 0.29) is 0 Å². The van der Waals surface area contributed by atoms with E-state index in [4.69, 9.17) is 4.42 Å². The fourth-order valence-corrected chi connectivity index (χ4v) is 1.06. The zero-order valence-electron chi connectivity index (χ0n) is 7.96. The summed E-state index contributed by atoms with van der Waals surface area (Å²) in [5, 5.41) is 0. The maximum absolute atomic E-state index is 5.01. The van der Waals surface area contributed by atoms with Crippen LogP contribution >= 0.6 is 0 Å². The van der Waals surface area contributed by atoms with Gasteiger partial charge in [0.1, 0.15) is 11.8 Å². The molecule has 1 aliphatic heterocycles. The van der Waals surface area contributed by atoms with Crippen LogP contribution in [0.4, 0.5) is 0 Å². The normalized spacial score (nSPS) is 12.5. The summed E-state index contributed by atoms with van der Waals surface area (Å²) < 4.78 is 5.01. The minimum atomic E-state index is 0.845. The number of hydrogen-bond donors (Lipinski definition) is 1. The molecule has 0 atom stereocenters. The van der Waals surface area contributed by atoms with E-state index in [1.165, 1.54) is 6.39 Å². The van der Waals surface area contributed by atoms with Crippen molar-refractivity contribution < 1.29 is 9.25 Å². The Hall–Kier alpha value is -2.23. The number of nitrogens with one attached hydrogen (secondary N) is 1. The molecular weight excluding hydrogens is 192 g/mol. The molecule has 0 saturated heterocycles. The smallest absolute Gasteiger partial charge is 0.181 e. The van der Waals surface area contributed by atoms with Gasteiger partial charge in [0, 0.05) is 6.20 Å². The topological polar surface area (TPSA) is 47.3 Å². The van der Waals surface area contributed by atoms with Gasteiger partial charge in [-0.1, -0.05) is 12.1 Å². The van der Waals surface area contributed by atoms with Crippen molar-refractivity contribution in [1.82, 2.24) is 10.5 Å². The van der Waals surface area contributed by atoms with E-state index in [0.29, 0.717) is 0 Å². The van der Waals surface area contributed by atoms with Gasteiger partial charge in [-0.15, -0.1) is 0 Å². The largest absolute Gasteiger partial charge is 0.443 e. The Labute approximate surface area is 86.8 Å². The number of nitrogens with zero attached hydrogens (tertiary/aromatic N) is 1. The van der Waals surface area contributed by atoms with Crippen molar-refractivity contribution in [2.24, 2.45) is 0 Å². The lowest BCUT2D eigenvalue weighted by Crippen LogP contribution is -2.01. The van der Waals surface area contributed by atoms with Crippen molar-refractivity contribution in [3.63, 3.8) is 0 Å². The number of oxazole rings is 1. The maximum Gasteiger partial charge on any atom is 0.181 e. The Morgan fingerprint density at radius 2 is 2.07 bits per heavy atom. The molecule has 1 aromatic heterocycles. The highest BCUT2D eigenvalue weighted by atomic mass is 16.6. The molecular formula is C11H10N2O2. The van der Waals surface area contributed by atoms with E-state index >= 15 is 0 Å². The summed E-state index contributed by atoms with van der Waals surface area (Å²) in [4.78, 5) is 8.50. The summed E-state index contributed by atoms with van der Waals surface area (Å²) >= 11 is 0. The van der Waals surface area contributed by atoms with Crippen LogP contribution in [0.1, 0.15) is 0 Å². The quantitative estimate of drug-likeness (QED) is 0.712. The third-order valence-electron chi connectivity index (χ3n) is 1.73. The van der Waals surface area contributed by atoms with Gasteiger partial charge in [0.05, 0.1) is 0 Å². The summed E-state index contributed by atoms with van der Waals surface area (Å²) in [7, 11) is 0. The molecule has 76 valence electrons. The molecule has 3 rings (SSSR count). The van der Waals surface area contributed by atoms with E-state index in [0.717, 1.165) is 11.1 Å². The molecule has 4 heteroatoms. The first-order chi connectivity index (χ1) is 7.47. The first kappa shape index (κ1) is 9.33. The molecule has 0 saturated carbocycles. The average molecular weight is 202 g/mol. The van der Waals surface area contributed by atoms with Crippen molar-refractivity contribution in [1.29, 1.82) is 0 Å². The van der Waals surface area contributed by atoms with Crippen LogP contribution in [-0.4, -0.2) is 4.98 Å². The highest BCUT2D eigenvalue weighted by molar-refractivity contribution is 5.71. The molecule has 1 aromatic carbocycles. The van der Waals surface area contributed by atoms with E-state index in [1.807, 2.05) is 30.3 Å². The van der Waals surface area contributed by atoms with E-state index in [2.05, 4.69) is 15.3 Å². The molecule has 15 heavy (non-hydrogen) atoms. The molecule has 0 bridgehead atoms. The second kappa shape index (κ2) is 4.85. The van der Waals surface area contributed by atoms with Crippen LogP contribution in [0.5, 0.6) is 0 Å². The van der Waals surface area contributed by atoms with Gasteiger partial charge in [-0.2, -0.15) is 0 Å². The van der Waals surface area contributed by atoms with Crippen molar-refractivity contribution >= 4 is 11.1 Å². The SMILES string of the molecule is C1=CNOC=C1.c1ccc2ocnc2c1. The van der Waals surface area contributed by atoms with Crippen LogP contribution in [-0.2, 0) is 4.84 Å². The third-order valence-corrected chi connectivity index (χ3v) is 1.73. The van der Waals surface area contributed by atoms with Crippen LogP contribution in [0.15, 0.2) is 59.7 Å². The highest BCUT2D eigenvalue weighted by Crippen LogP contribution is 2.09. The lowest BCUT2D eigenvalue weighted by molar-refractivity contribution is 0.172. The number of rotatable bonds is 0. The molecule has 0 spiro atoms. The molecule has 0 aliphatic carbocycles. The summed E-state index contributed by atoms with van der Waals surface area (Å²) in [6.45, 7) is 0. The van der Waals surface area contributed by atoms with Gasteiger partial charge < -0.3 is 9.25 Å². The van der Waals surface area contributed by atoms with Crippen molar-refractivity contribution in [2.75, 3.05) is 0 Å². The number of hydrogen-bond acceptors (Lipinski definition) is 4.